The Morgan fingerprint density at radius 3 is 2.69 bits per heavy atom. The molecule has 0 saturated carbocycles. The molecule has 0 aliphatic rings. The molecule has 5 heteroatoms. The van der Waals surface area contributed by atoms with E-state index in [0.29, 0.717) is 16.3 Å². The summed E-state index contributed by atoms with van der Waals surface area (Å²) in [5.41, 5.74) is 2.09. The lowest BCUT2D eigenvalue weighted by Crippen LogP contribution is -1.92. The smallest absolute Gasteiger partial charge is 0.222 e. The Balaban J connectivity index is 2.62. The lowest BCUT2D eigenvalue weighted by molar-refractivity contribution is 0.628. The maximum Gasteiger partial charge on any atom is 0.222 e. The molecule has 0 spiro atoms. The predicted octanol–water partition coefficient (Wildman–Crippen LogP) is 3.90. The Morgan fingerprint density at radius 1 is 1.25 bits per heavy atom. The molecular formula is C11H7Cl2FN2. The van der Waals surface area contributed by atoms with E-state index in [1.165, 1.54) is 12.1 Å². The van der Waals surface area contributed by atoms with Gasteiger partial charge in [-0.1, -0.05) is 11.6 Å². The van der Waals surface area contributed by atoms with Crippen LogP contribution in [0.3, 0.4) is 0 Å². The van der Waals surface area contributed by atoms with Gasteiger partial charge in [-0.3, -0.25) is 0 Å². The molecule has 0 bridgehead atoms. The van der Waals surface area contributed by atoms with Crippen molar-refractivity contribution in [2.45, 2.75) is 6.92 Å². The fourth-order valence-corrected chi connectivity index (χ4v) is 1.76. The first-order valence-corrected chi connectivity index (χ1v) is 5.28. The maximum absolute atomic E-state index is 12.9. The minimum atomic E-state index is -0.383. The number of aryl methyl sites for hydroxylation is 1. The fourth-order valence-electron chi connectivity index (χ4n) is 1.37. The van der Waals surface area contributed by atoms with Gasteiger partial charge in [-0.2, -0.15) is 0 Å². The molecule has 0 fully saturated rings. The van der Waals surface area contributed by atoms with Crippen molar-refractivity contribution in [3.8, 4) is 11.3 Å². The van der Waals surface area contributed by atoms with Gasteiger partial charge in [0.1, 0.15) is 5.82 Å². The molecular weight excluding hydrogens is 250 g/mol. The Kier molecular flexibility index (Phi) is 3.08. The SMILES string of the molecule is Cc1cnc(Cl)nc1-c1ccc(F)cc1Cl. The van der Waals surface area contributed by atoms with Crippen LogP contribution < -0.4 is 0 Å². The number of halogens is 3. The average molecular weight is 257 g/mol. The van der Waals surface area contributed by atoms with E-state index in [1.54, 1.807) is 12.3 Å². The topological polar surface area (TPSA) is 25.8 Å². The van der Waals surface area contributed by atoms with Crippen LogP contribution in [-0.2, 0) is 0 Å². The van der Waals surface area contributed by atoms with Crippen LogP contribution in [0.5, 0.6) is 0 Å². The Labute approximate surface area is 102 Å². The van der Waals surface area contributed by atoms with Crippen molar-refractivity contribution in [1.82, 2.24) is 9.97 Å². The van der Waals surface area contributed by atoms with Crippen LogP contribution in [0.25, 0.3) is 11.3 Å². The molecule has 2 rings (SSSR count). The highest BCUT2D eigenvalue weighted by molar-refractivity contribution is 6.33. The predicted molar refractivity (Wildman–Crippen MR) is 62.2 cm³/mol. The summed E-state index contributed by atoms with van der Waals surface area (Å²) in [6, 6.07) is 4.15. The first-order valence-electron chi connectivity index (χ1n) is 4.52. The average Bonchev–Trinajstić information content (AvgIpc) is 2.22. The van der Waals surface area contributed by atoms with Crippen molar-refractivity contribution in [1.29, 1.82) is 0 Å². The second kappa shape index (κ2) is 4.36. The lowest BCUT2D eigenvalue weighted by atomic mass is 10.1. The van der Waals surface area contributed by atoms with Gasteiger partial charge in [0.05, 0.1) is 10.7 Å². The largest absolute Gasteiger partial charge is 0.226 e. The maximum atomic E-state index is 12.9. The highest BCUT2D eigenvalue weighted by Crippen LogP contribution is 2.29. The van der Waals surface area contributed by atoms with E-state index >= 15 is 0 Å². The third kappa shape index (κ3) is 2.15. The normalized spacial score (nSPS) is 10.5. The summed E-state index contributed by atoms with van der Waals surface area (Å²) in [6.45, 7) is 1.84. The molecule has 0 unspecified atom stereocenters. The van der Waals surface area contributed by atoms with Crippen molar-refractivity contribution in [2.24, 2.45) is 0 Å². The van der Waals surface area contributed by atoms with Gasteiger partial charge in [-0.25, -0.2) is 14.4 Å². The summed E-state index contributed by atoms with van der Waals surface area (Å²) in [6.07, 6.45) is 1.60. The van der Waals surface area contributed by atoms with E-state index in [9.17, 15) is 4.39 Å². The second-order valence-electron chi connectivity index (χ2n) is 3.29. The molecule has 0 aliphatic heterocycles. The molecule has 0 aliphatic carbocycles. The Bertz CT molecular complexity index is 544. The molecule has 0 amide bonds. The van der Waals surface area contributed by atoms with Gasteiger partial charge in [-0.05, 0) is 42.3 Å². The number of rotatable bonds is 1. The molecule has 2 nitrogen and oxygen atoms in total. The van der Waals surface area contributed by atoms with Gasteiger partial charge in [0.2, 0.25) is 5.28 Å². The van der Waals surface area contributed by atoms with Gasteiger partial charge < -0.3 is 0 Å². The first kappa shape index (κ1) is 11.3. The molecule has 0 atom stereocenters. The molecule has 0 N–H and O–H groups in total. The molecule has 2 aromatic rings. The van der Waals surface area contributed by atoms with Crippen molar-refractivity contribution in [3.05, 3.63) is 46.1 Å². The van der Waals surface area contributed by atoms with Crippen LogP contribution in [0.1, 0.15) is 5.56 Å². The van der Waals surface area contributed by atoms with E-state index in [4.69, 9.17) is 23.2 Å². The highest BCUT2D eigenvalue weighted by atomic mass is 35.5. The molecule has 1 aromatic heterocycles. The standard InChI is InChI=1S/C11H7Cl2FN2/c1-6-5-15-11(13)16-10(6)8-3-2-7(14)4-9(8)12/h2-5H,1H3. The van der Waals surface area contributed by atoms with Gasteiger partial charge >= 0.3 is 0 Å². The van der Waals surface area contributed by atoms with E-state index in [-0.39, 0.29) is 11.1 Å². The van der Waals surface area contributed by atoms with Gasteiger partial charge in [0.15, 0.2) is 0 Å². The van der Waals surface area contributed by atoms with E-state index < -0.39 is 0 Å². The van der Waals surface area contributed by atoms with E-state index in [2.05, 4.69) is 9.97 Å². The summed E-state index contributed by atoms with van der Waals surface area (Å²) in [5, 5.41) is 0.443. The summed E-state index contributed by atoms with van der Waals surface area (Å²) in [7, 11) is 0. The first-order chi connectivity index (χ1) is 7.58. The van der Waals surface area contributed by atoms with Crippen LogP contribution in [0.15, 0.2) is 24.4 Å². The molecule has 16 heavy (non-hydrogen) atoms. The monoisotopic (exact) mass is 256 g/mol. The van der Waals surface area contributed by atoms with Crippen LogP contribution in [0, 0.1) is 12.7 Å². The van der Waals surface area contributed by atoms with E-state index in [1.807, 2.05) is 6.92 Å². The van der Waals surface area contributed by atoms with Crippen LogP contribution in [0.2, 0.25) is 10.3 Å². The molecule has 1 heterocycles. The minimum absolute atomic E-state index is 0.140. The molecule has 0 radical (unpaired) electrons. The zero-order valence-electron chi connectivity index (χ0n) is 8.34. The minimum Gasteiger partial charge on any atom is -0.226 e. The summed E-state index contributed by atoms with van der Waals surface area (Å²) in [5.74, 6) is -0.383. The lowest BCUT2D eigenvalue weighted by Gasteiger charge is -2.06. The summed E-state index contributed by atoms with van der Waals surface area (Å²) in [4.78, 5) is 7.93. The molecule has 0 saturated heterocycles. The second-order valence-corrected chi connectivity index (χ2v) is 4.04. The van der Waals surface area contributed by atoms with Gasteiger partial charge in [0, 0.05) is 11.8 Å². The molecule has 82 valence electrons. The fraction of sp³-hybridized carbons (Fsp3) is 0.0909. The van der Waals surface area contributed by atoms with Crippen molar-refractivity contribution < 1.29 is 4.39 Å². The summed E-state index contributed by atoms with van der Waals surface area (Å²) >= 11 is 11.7. The van der Waals surface area contributed by atoms with Gasteiger partial charge in [-0.15, -0.1) is 0 Å². The zero-order valence-corrected chi connectivity index (χ0v) is 9.85. The van der Waals surface area contributed by atoms with Gasteiger partial charge in [0.25, 0.3) is 0 Å². The number of benzene rings is 1. The number of hydrogen-bond acceptors (Lipinski definition) is 2. The molecule has 1 aromatic carbocycles. The van der Waals surface area contributed by atoms with Crippen LogP contribution >= 0.6 is 23.2 Å². The van der Waals surface area contributed by atoms with Crippen molar-refractivity contribution in [3.63, 3.8) is 0 Å². The summed E-state index contributed by atoms with van der Waals surface area (Å²) < 4.78 is 12.9. The number of nitrogens with zero attached hydrogens (tertiary/aromatic N) is 2. The Hall–Kier alpha value is -1.19. The van der Waals surface area contributed by atoms with Crippen LogP contribution in [0.4, 0.5) is 4.39 Å². The number of aromatic nitrogens is 2. The quantitative estimate of drug-likeness (QED) is 0.724. The highest BCUT2D eigenvalue weighted by Gasteiger charge is 2.10. The third-order valence-corrected chi connectivity index (χ3v) is 2.62. The zero-order chi connectivity index (χ0) is 11.7. The van der Waals surface area contributed by atoms with Crippen LogP contribution in [-0.4, -0.2) is 9.97 Å². The van der Waals surface area contributed by atoms with Crippen molar-refractivity contribution in [2.75, 3.05) is 0 Å². The van der Waals surface area contributed by atoms with Crippen molar-refractivity contribution >= 4 is 23.2 Å². The van der Waals surface area contributed by atoms with E-state index in [0.717, 1.165) is 5.56 Å². The number of hydrogen-bond donors (Lipinski definition) is 0. The Morgan fingerprint density at radius 2 is 2.00 bits per heavy atom. The third-order valence-electron chi connectivity index (χ3n) is 2.13.